The van der Waals surface area contributed by atoms with E-state index in [9.17, 15) is 61.0 Å². The average Bonchev–Trinajstić information content (AvgIpc) is 3.15. The molecule has 3 aliphatic heterocycles. The number of aliphatic hydroxyl groups excluding tert-OH is 11. The summed E-state index contributed by atoms with van der Waals surface area (Å²) in [7, 11) is 0. The van der Waals surface area contributed by atoms with Crippen LogP contribution in [0.5, 0.6) is 0 Å². The molecule has 0 aromatic heterocycles. The summed E-state index contributed by atoms with van der Waals surface area (Å²) in [4.78, 5) is 14.1. The normalized spacial score (nSPS) is 51.9. The van der Waals surface area contributed by atoms with Gasteiger partial charge in [0.15, 0.2) is 12.6 Å². The largest absolute Gasteiger partial charge is 0.432 e. The quantitative estimate of drug-likeness (QED) is 0.0772. The van der Waals surface area contributed by atoms with Gasteiger partial charge >= 0.3 is 5.97 Å². The lowest BCUT2D eigenvalue weighted by Gasteiger charge is -2.64. The van der Waals surface area contributed by atoms with Crippen LogP contribution in [0, 0.1) is 28.1 Å². The number of esters is 1. The lowest BCUT2D eigenvalue weighted by Crippen LogP contribution is -2.65. The van der Waals surface area contributed by atoms with Crippen LogP contribution in [0.15, 0.2) is 12.2 Å². The molecule has 316 valence electrons. The second-order valence-corrected chi connectivity index (χ2v) is 17.2. The Kier molecular flexibility index (Phi) is 13.1. The van der Waals surface area contributed by atoms with Gasteiger partial charge in [0.2, 0.25) is 6.29 Å². The van der Waals surface area contributed by atoms with Crippen LogP contribution in [0.3, 0.4) is 0 Å². The Morgan fingerprint density at radius 2 is 1.25 bits per heavy atom. The third-order valence-corrected chi connectivity index (χ3v) is 13.9. The summed E-state index contributed by atoms with van der Waals surface area (Å²) in [6, 6.07) is 0. The summed E-state index contributed by atoms with van der Waals surface area (Å²) in [5.41, 5.74) is -0.953. The van der Waals surface area contributed by atoms with Crippen LogP contribution in [0.25, 0.3) is 0 Å². The third kappa shape index (κ3) is 7.65. The molecule has 18 nitrogen and oxygen atoms in total. The topological polar surface area (TPSA) is 295 Å². The molecule has 0 aromatic rings. The van der Waals surface area contributed by atoms with E-state index >= 15 is 0 Å². The van der Waals surface area contributed by atoms with Gasteiger partial charge in [0, 0.05) is 5.41 Å². The zero-order valence-electron chi connectivity index (χ0n) is 31.3. The number of hydrogen-bond donors (Lipinski definition) is 11. The maximum absolute atomic E-state index is 14.1. The van der Waals surface area contributed by atoms with Gasteiger partial charge in [-0.15, -0.1) is 0 Å². The van der Waals surface area contributed by atoms with Crippen LogP contribution in [0.4, 0.5) is 0 Å². The van der Waals surface area contributed by atoms with Crippen molar-refractivity contribution in [2.45, 2.75) is 157 Å². The fourth-order valence-electron chi connectivity index (χ4n) is 10.9. The van der Waals surface area contributed by atoms with Crippen LogP contribution < -0.4 is 0 Å². The molecule has 0 amide bonds. The van der Waals surface area contributed by atoms with Gasteiger partial charge in [0.05, 0.1) is 31.8 Å². The predicted octanol–water partition coefficient (Wildman–Crippen LogP) is -3.08. The fraction of sp³-hybridized carbons (Fsp3) is 0.919. The van der Waals surface area contributed by atoms with Crippen molar-refractivity contribution in [3.63, 3.8) is 0 Å². The summed E-state index contributed by atoms with van der Waals surface area (Å²) in [5, 5.41) is 114. The summed E-state index contributed by atoms with van der Waals surface area (Å²) in [6.45, 7) is 6.30. The number of carbonyl (C=O) groups is 1. The molecule has 0 spiro atoms. The van der Waals surface area contributed by atoms with E-state index in [0.717, 1.165) is 24.8 Å². The molecule has 3 heterocycles. The van der Waals surface area contributed by atoms with Crippen molar-refractivity contribution in [2.24, 2.45) is 28.1 Å². The fourth-order valence-corrected chi connectivity index (χ4v) is 10.9. The van der Waals surface area contributed by atoms with Crippen molar-refractivity contribution in [3.05, 3.63) is 12.2 Å². The van der Waals surface area contributed by atoms with Crippen molar-refractivity contribution < 1.29 is 89.4 Å². The van der Waals surface area contributed by atoms with Crippen LogP contribution in [-0.2, 0) is 33.2 Å². The van der Waals surface area contributed by atoms with Crippen LogP contribution in [-0.4, -0.2) is 181 Å². The van der Waals surface area contributed by atoms with Gasteiger partial charge in [-0.2, -0.15) is 0 Å². The summed E-state index contributed by atoms with van der Waals surface area (Å²) >= 11 is 0. The van der Waals surface area contributed by atoms with Gasteiger partial charge in [0.1, 0.15) is 73.2 Å². The molecule has 18 heteroatoms. The highest BCUT2D eigenvalue weighted by Crippen LogP contribution is 2.68. The first-order valence-electron chi connectivity index (χ1n) is 19.3. The zero-order valence-corrected chi connectivity index (χ0v) is 31.3. The number of ether oxygens (including phenoxy) is 6. The van der Waals surface area contributed by atoms with Crippen LogP contribution in [0.2, 0.25) is 0 Å². The zero-order chi connectivity index (χ0) is 40.2. The molecule has 3 aliphatic carbocycles. The van der Waals surface area contributed by atoms with Crippen molar-refractivity contribution in [2.75, 3.05) is 26.4 Å². The lowest BCUT2D eigenvalue weighted by molar-refractivity contribution is -0.363. The number of rotatable bonds is 10. The van der Waals surface area contributed by atoms with E-state index < -0.39 is 134 Å². The minimum Gasteiger partial charge on any atom is -0.432 e. The Bertz CT molecular complexity index is 1350. The molecular weight excluding hydrogens is 732 g/mol. The molecular formula is C37H60O18. The molecule has 55 heavy (non-hydrogen) atoms. The van der Waals surface area contributed by atoms with Crippen LogP contribution in [0.1, 0.15) is 65.2 Å². The first-order valence-corrected chi connectivity index (χ1v) is 19.3. The Balaban J connectivity index is 1.19. The second-order valence-electron chi connectivity index (χ2n) is 17.2. The highest BCUT2D eigenvalue weighted by atomic mass is 16.7. The maximum atomic E-state index is 14.1. The van der Waals surface area contributed by atoms with Crippen molar-refractivity contribution >= 4 is 5.97 Å². The molecule has 20 atom stereocenters. The van der Waals surface area contributed by atoms with Gasteiger partial charge in [-0.3, -0.25) is 4.79 Å². The Hall–Kier alpha value is -1.43. The lowest BCUT2D eigenvalue weighted by atomic mass is 9.40. The van der Waals surface area contributed by atoms with E-state index in [-0.39, 0.29) is 18.4 Å². The second kappa shape index (κ2) is 16.7. The van der Waals surface area contributed by atoms with Gasteiger partial charge in [-0.05, 0) is 69.1 Å². The Labute approximate surface area is 319 Å². The molecule has 6 rings (SSSR count). The molecule has 6 aliphatic rings. The molecule has 0 radical (unpaired) electrons. The number of fused-ring (bicyclic) bond motifs is 3. The Morgan fingerprint density at radius 3 is 1.87 bits per heavy atom. The molecule has 3 saturated carbocycles. The Morgan fingerprint density at radius 1 is 0.691 bits per heavy atom. The number of hydrogen-bond acceptors (Lipinski definition) is 18. The van der Waals surface area contributed by atoms with E-state index in [2.05, 4.69) is 13.5 Å². The predicted molar refractivity (Wildman–Crippen MR) is 184 cm³/mol. The van der Waals surface area contributed by atoms with Gasteiger partial charge < -0.3 is 84.6 Å². The van der Waals surface area contributed by atoms with E-state index in [1.54, 1.807) is 0 Å². The maximum Gasteiger partial charge on any atom is 0.314 e. The minimum absolute atomic E-state index is 0.00920. The highest BCUT2D eigenvalue weighted by Gasteiger charge is 2.64. The van der Waals surface area contributed by atoms with Gasteiger partial charge in [0.25, 0.3) is 0 Å². The molecule has 6 fully saturated rings. The highest BCUT2D eigenvalue weighted by molar-refractivity contribution is 5.77. The smallest absolute Gasteiger partial charge is 0.314 e. The summed E-state index contributed by atoms with van der Waals surface area (Å²) < 4.78 is 34.7. The molecule has 15 unspecified atom stereocenters. The van der Waals surface area contributed by atoms with Crippen molar-refractivity contribution in [1.82, 2.24) is 0 Å². The standard InChI is InChI=1S/C37H60O18/c1-16-5-6-21-35(2)8-4-9-36(3,34(49)55-33-28(47)26(45)23(42)18(13-39)53-33)20(35)7-10-37(21,11-16)15-50-31-29(48)30(24(43)19(14-40)51-31)54-32-27(46)25(44)22(41)17(12-38)52-32/h17-33,38-48H,1,4-15H2,2-3H3/t17?,18?,19?,20?,21-,22-,23?,24?,25?,26?,27?,28?,29?,30?,31?,32?,33?,35+,36+,37+/m0/s1. The summed E-state index contributed by atoms with van der Waals surface area (Å²) in [6.07, 6.45) is -18.5. The average molecular weight is 793 g/mol. The monoisotopic (exact) mass is 792 g/mol. The minimum atomic E-state index is -1.81. The summed E-state index contributed by atoms with van der Waals surface area (Å²) in [5.74, 6) is -0.808. The first-order chi connectivity index (χ1) is 26.0. The third-order valence-electron chi connectivity index (χ3n) is 13.9. The van der Waals surface area contributed by atoms with Crippen molar-refractivity contribution in [3.8, 4) is 0 Å². The van der Waals surface area contributed by atoms with Crippen LogP contribution >= 0.6 is 0 Å². The van der Waals surface area contributed by atoms with Crippen molar-refractivity contribution in [1.29, 1.82) is 0 Å². The number of aliphatic hydroxyl groups is 11. The SMILES string of the molecule is C=C1CC[C@@H]2[C@](COC3OC(CO)C(O)C(OC4OC(CO)[C@H](O)C(O)C4O)C3O)(CCC3[C@](C)(C(=O)OC4OC(CO)C(O)C(O)C4O)CCC[C@]32C)C1. The molecule has 3 saturated heterocycles. The number of allylic oxidation sites excluding steroid dienone is 1. The van der Waals surface area contributed by atoms with E-state index in [0.29, 0.717) is 32.1 Å². The van der Waals surface area contributed by atoms with Gasteiger partial charge in [-0.25, -0.2) is 0 Å². The van der Waals surface area contributed by atoms with E-state index in [1.807, 2.05) is 6.92 Å². The van der Waals surface area contributed by atoms with E-state index in [1.165, 1.54) is 0 Å². The van der Waals surface area contributed by atoms with E-state index in [4.69, 9.17) is 28.4 Å². The first kappa shape index (κ1) is 43.2. The molecule has 0 bridgehead atoms. The van der Waals surface area contributed by atoms with Gasteiger partial charge in [-0.1, -0.05) is 25.5 Å². The molecule has 0 aromatic carbocycles. The number of carbonyl (C=O) groups excluding carboxylic acids is 1. The molecule has 11 N–H and O–H groups in total.